The van der Waals surface area contributed by atoms with E-state index in [9.17, 15) is 4.21 Å². The summed E-state index contributed by atoms with van der Waals surface area (Å²) >= 11 is 3.53. The summed E-state index contributed by atoms with van der Waals surface area (Å²) in [5, 5.41) is 3.70. The Morgan fingerprint density at radius 1 is 1.47 bits per heavy atom. The molecule has 2 nitrogen and oxygen atoms in total. The third-order valence-corrected chi connectivity index (χ3v) is 5.16. The van der Waals surface area contributed by atoms with E-state index in [4.69, 9.17) is 0 Å². The molecule has 0 saturated carbocycles. The van der Waals surface area contributed by atoms with Gasteiger partial charge in [-0.1, -0.05) is 34.1 Å². The number of nitrogens with one attached hydrogen (secondary N) is 1. The first-order valence-electron chi connectivity index (χ1n) is 5.03. The molecule has 1 saturated heterocycles. The smallest absolute Gasteiger partial charge is 0.0448 e. The largest absolute Gasteiger partial charge is 0.308 e. The molecule has 1 aromatic carbocycles. The predicted molar refractivity (Wildman–Crippen MR) is 67.4 cm³/mol. The highest BCUT2D eigenvalue weighted by atomic mass is 79.9. The van der Waals surface area contributed by atoms with Crippen LogP contribution in [0.5, 0.6) is 0 Å². The van der Waals surface area contributed by atoms with Crippen LogP contribution in [0.3, 0.4) is 0 Å². The van der Waals surface area contributed by atoms with Crippen molar-refractivity contribution in [2.45, 2.75) is 18.2 Å². The average molecular weight is 288 g/mol. The lowest BCUT2D eigenvalue weighted by Gasteiger charge is -2.28. The van der Waals surface area contributed by atoms with Crippen molar-refractivity contribution in [2.24, 2.45) is 0 Å². The Morgan fingerprint density at radius 3 is 2.87 bits per heavy atom. The number of halogens is 1. The zero-order valence-corrected chi connectivity index (χ0v) is 11.0. The molecule has 1 N–H and O–H groups in total. The minimum Gasteiger partial charge on any atom is -0.308 e. The monoisotopic (exact) mass is 287 g/mol. The van der Waals surface area contributed by atoms with Crippen LogP contribution in [0.25, 0.3) is 0 Å². The van der Waals surface area contributed by atoms with E-state index in [1.54, 1.807) is 0 Å². The van der Waals surface area contributed by atoms with E-state index < -0.39 is 10.8 Å². The van der Waals surface area contributed by atoms with Crippen molar-refractivity contribution in [2.75, 3.05) is 12.3 Å². The third kappa shape index (κ3) is 2.49. The summed E-state index contributed by atoms with van der Waals surface area (Å²) in [5.74, 6) is 0.712. The molecule has 3 unspecified atom stereocenters. The van der Waals surface area contributed by atoms with Crippen molar-refractivity contribution < 1.29 is 4.21 Å². The molecule has 0 aliphatic carbocycles. The van der Waals surface area contributed by atoms with Gasteiger partial charge in [0.25, 0.3) is 0 Å². The quantitative estimate of drug-likeness (QED) is 0.858. The van der Waals surface area contributed by atoms with Crippen LogP contribution in [0.2, 0.25) is 0 Å². The molecular formula is C11H14BrNOS. The predicted octanol–water partition coefficient (Wildman–Crippen LogP) is 2.23. The first kappa shape index (κ1) is 11.3. The molecule has 3 atom stereocenters. The number of rotatable bonds is 1. The van der Waals surface area contributed by atoms with Gasteiger partial charge in [0.05, 0.1) is 0 Å². The number of benzene rings is 1. The van der Waals surface area contributed by atoms with Crippen LogP contribution in [0.15, 0.2) is 28.7 Å². The molecule has 15 heavy (non-hydrogen) atoms. The van der Waals surface area contributed by atoms with E-state index in [1.165, 1.54) is 5.56 Å². The van der Waals surface area contributed by atoms with Gasteiger partial charge in [0, 0.05) is 38.9 Å². The Hall–Kier alpha value is -0.190. The van der Waals surface area contributed by atoms with Crippen molar-refractivity contribution in [1.29, 1.82) is 0 Å². The van der Waals surface area contributed by atoms with Gasteiger partial charge in [0.1, 0.15) is 0 Å². The van der Waals surface area contributed by atoms with Gasteiger partial charge >= 0.3 is 0 Å². The van der Waals surface area contributed by atoms with Gasteiger partial charge in [-0.05, 0) is 18.6 Å². The molecule has 82 valence electrons. The lowest BCUT2D eigenvalue weighted by molar-refractivity contribution is 0.539. The molecule has 1 aliphatic rings. The fourth-order valence-electron chi connectivity index (χ4n) is 1.75. The SMILES string of the molecule is CC1CNC(c2ccccc2Br)CS1=O. The van der Waals surface area contributed by atoms with E-state index in [0.29, 0.717) is 5.75 Å². The zero-order chi connectivity index (χ0) is 10.8. The fourth-order valence-corrected chi connectivity index (χ4v) is 3.54. The van der Waals surface area contributed by atoms with Crippen LogP contribution in [0, 0.1) is 0 Å². The number of hydrogen-bond acceptors (Lipinski definition) is 2. The molecule has 2 rings (SSSR count). The molecule has 0 radical (unpaired) electrons. The van der Waals surface area contributed by atoms with Crippen molar-refractivity contribution in [1.82, 2.24) is 5.32 Å². The summed E-state index contributed by atoms with van der Waals surface area (Å²) in [5.41, 5.74) is 1.21. The van der Waals surface area contributed by atoms with E-state index in [1.807, 2.05) is 25.1 Å². The Bertz CT molecular complexity index is 383. The summed E-state index contributed by atoms with van der Waals surface area (Å²) in [6.45, 7) is 2.86. The van der Waals surface area contributed by atoms with Gasteiger partial charge in [-0.15, -0.1) is 0 Å². The summed E-state index contributed by atoms with van der Waals surface area (Å²) in [6, 6.07) is 8.34. The van der Waals surface area contributed by atoms with Gasteiger partial charge < -0.3 is 5.32 Å². The minimum absolute atomic E-state index is 0.220. The molecule has 1 aliphatic heterocycles. The topological polar surface area (TPSA) is 29.1 Å². The summed E-state index contributed by atoms with van der Waals surface area (Å²) in [7, 11) is -0.707. The average Bonchev–Trinajstić information content (AvgIpc) is 2.23. The molecular weight excluding hydrogens is 274 g/mol. The van der Waals surface area contributed by atoms with Crippen LogP contribution in [-0.2, 0) is 10.8 Å². The first-order valence-corrected chi connectivity index (χ1v) is 7.21. The van der Waals surface area contributed by atoms with Gasteiger partial charge in [0.2, 0.25) is 0 Å². The van der Waals surface area contributed by atoms with Gasteiger partial charge in [0.15, 0.2) is 0 Å². The second-order valence-electron chi connectivity index (χ2n) is 3.84. The first-order chi connectivity index (χ1) is 7.18. The molecule has 1 heterocycles. The highest BCUT2D eigenvalue weighted by molar-refractivity contribution is 9.10. The highest BCUT2D eigenvalue weighted by Gasteiger charge is 2.25. The zero-order valence-electron chi connectivity index (χ0n) is 8.57. The Labute approximate surface area is 101 Å². The third-order valence-electron chi connectivity index (χ3n) is 2.71. The fraction of sp³-hybridized carbons (Fsp3) is 0.455. The molecule has 4 heteroatoms. The van der Waals surface area contributed by atoms with Crippen molar-refractivity contribution in [3.05, 3.63) is 34.3 Å². The lowest BCUT2D eigenvalue weighted by Crippen LogP contribution is -2.41. The minimum atomic E-state index is -0.707. The van der Waals surface area contributed by atoms with Crippen LogP contribution >= 0.6 is 15.9 Å². The Morgan fingerprint density at radius 2 is 2.20 bits per heavy atom. The highest BCUT2D eigenvalue weighted by Crippen LogP contribution is 2.26. The molecule has 0 bridgehead atoms. The second kappa shape index (κ2) is 4.76. The normalized spacial score (nSPS) is 31.5. The van der Waals surface area contributed by atoms with Crippen molar-refractivity contribution in [3.8, 4) is 0 Å². The molecule has 0 aromatic heterocycles. The van der Waals surface area contributed by atoms with E-state index >= 15 is 0 Å². The maximum Gasteiger partial charge on any atom is 0.0448 e. The van der Waals surface area contributed by atoms with Crippen molar-refractivity contribution in [3.63, 3.8) is 0 Å². The van der Waals surface area contributed by atoms with Crippen LogP contribution in [0.1, 0.15) is 18.5 Å². The van der Waals surface area contributed by atoms with Gasteiger partial charge in [-0.25, -0.2) is 0 Å². The Kier molecular flexibility index (Phi) is 3.59. The van der Waals surface area contributed by atoms with Crippen LogP contribution in [-0.4, -0.2) is 21.8 Å². The number of hydrogen-bond donors (Lipinski definition) is 1. The summed E-state index contributed by atoms with van der Waals surface area (Å²) in [4.78, 5) is 0. The molecule has 1 aromatic rings. The van der Waals surface area contributed by atoms with E-state index in [2.05, 4.69) is 27.3 Å². The second-order valence-corrected chi connectivity index (χ2v) is 6.59. The van der Waals surface area contributed by atoms with Crippen LogP contribution in [0.4, 0.5) is 0 Å². The summed E-state index contributed by atoms with van der Waals surface area (Å²) < 4.78 is 12.8. The Balaban J connectivity index is 2.19. The van der Waals surface area contributed by atoms with E-state index in [-0.39, 0.29) is 11.3 Å². The van der Waals surface area contributed by atoms with Gasteiger partial charge in [-0.2, -0.15) is 0 Å². The molecule has 1 fully saturated rings. The van der Waals surface area contributed by atoms with Crippen LogP contribution < -0.4 is 5.32 Å². The summed E-state index contributed by atoms with van der Waals surface area (Å²) in [6.07, 6.45) is 0. The molecule has 0 spiro atoms. The standard InChI is InChI=1S/C11H14BrNOS/c1-8-6-13-11(7-15(8)14)9-4-2-3-5-10(9)12/h2-5,8,11,13H,6-7H2,1H3. The lowest BCUT2D eigenvalue weighted by atomic mass is 10.1. The van der Waals surface area contributed by atoms with Gasteiger partial charge in [-0.3, -0.25) is 4.21 Å². The maximum atomic E-state index is 11.7. The molecule has 0 amide bonds. The van der Waals surface area contributed by atoms with Crippen molar-refractivity contribution >= 4 is 26.7 Å². The maximum absolute atomic E-state index is 11.7. The van der Waals surface area contributed by atoms with E-state index in [0.717, 1.165) is 11.0 Å².